The van der Waals surface area contributed by atoms with E-state index in [1.54, 1.807) is 12.1 Å². The Labute approximate surface area is 141 Å². The summed E-state index contributed by atoms with van der Waals surface area (Å²) >= 11 is 0. The minimum atomic E-state index is -3.60. The van der Waals surface area contributed by atoms with E-state index >= 15 is 0 Å². The first-order chi connectivity index (χ1) is 11.2. The Morgan fingerprint density at radius 3 is 2.46 bits per heavy atom. The molecule has 0 aliphatic carbocycles. The molecule has 0 spiro atoms. The van der Waals surface area contributed by atoms with Gasteiger partial charge in [-0.25, -0.2) is 13.4 Å². The van der Waals surface area contributed by atoms with Crippen molar-refractivity contribution in [3.05, 3.63) is 57.8 Å². The highest BCUT2D eigenvalue weighted by atomic mass is 32.2. The Balaban J connectivity index is 1.90. The molecular weight excluding hydrogens is 326 g/mol. The van der Waals surface area contributed by atoms with Crippen LogP contribution in [0.25, 0.3) is 0 Å². The molecule has 3 rings (SSSR count). The summed E-state index contributed by atoms with van der Waals surface area (Å²) in [5.41, 5.74) is 1.97. The minimum Gasteiger partial charge on any atom is -0.313 e. The van der Waals surface area contributed by atoms with Crippen molar-refractivity contribution < 1.29 is 8.42 Å². The van der Waals surface area contributed by atoms with Gasteiger partial charge in [-0.15, -0.1) is 0 Å². The van der Waals surface area contributed by atoms with Crippen LogP contribution in [0, 0.1) is 0 Å². The van der Waals surface area contributed by atoms with Crippen LogP contribution < -0.4 is 5.56 Å². The summed E-state index contributed by atoms with van der Waals surface area (Å²) in [6, 6.07) is 7.01. The number of hydrogen-bond donors (Lipinski definition) is 1. The number of rotatable bonds is 2. The maximum absolute atomic E-state index is 12.9. The van der Waals surface area contributed by atoms with E-state index in [9.17, 15) is 13.2 Å². The summed E-state index contributed by atoms with van der Waals surface area (Å²) in [6.45, 7) is 6.66. The van der Waals surface area contributed by atoms with E-state index in [-0.39, 0.29) is 29.0 Å². The first-order valence-corrected chi connectivity index (χ1v) is 9.30. The number of aromatic amines is 1. The number of nitrogens with one attached hydrogen (secondary N) is 1. The van der Waals surface area contributed by atoms with Gasteiger partial charge in [-0.3, -0.25) is 4.79 Å². The van der Waals surface area contributed by atoms with Crippen LogP contribution in [0.1, 0.15) is 37.6 Å². The van der Waals surface area contributed by atoms with Gasteiger partial charge in [0.05, 0.1) is 23.5 Å². The topological polar surface area (TPSA) is 83.1 Å². The minimum absolute atomic E-state index is 0.0305. The standard InChI is InChI=1S/C17H21N3O3S/c1-17(2,3)12-4-6-13(7-5-12)24(22,23)20-9-8-14-15(10-20)18-11-19-16(14)21/h4-7,11H,8-10H2,1-3H3,(H,18,19,21). The molecule has 0 saturated heterocycles. The molecule has 1 aromatic heterocycles. The lowest BCUT2D eigenvalue weighted by molar-refractivity contribution is 0.383. The van der Waals surface area contributed by atoms with Gasteiger partial charge in [0.25, 0.3) is 5.56 Å². The first kappa shape index (κ1) is 16.9. The van der Waals surface area contributed by atoms with Crippen LogP contribution in [-0.4, -0.2) is 29.2 Å². The molecule has 1 N–H and O–H groups in total. The molecule has 0 bridgehead atoms. The van der Waals surface area contributed by atoms with Gasteiger partial charge in [0.2, 0.25) is 10.0 Å². The molecule has 0 atom stereocenters. The molecule has 0 unspecified atom stereocenters. The molecule has 2 aromatic rings. The predicted octanol–water partition coefficient (Wildman–Crippen LogP) is 1.81. The normalized spacial score (nSPS) is 16.0. The van der Waals surface area contributed by atoms with Crippen molar-refractivity contribution in [2.75, 3.05) is 6.54 Å². The summed E-state index contributed by atoms with van der Waals surface area (Å²) in [6.07, 6.45) is 1.69. The van der Waals surface area contributed by atoms with Crippen molar-refractivity contribution >= 4 is 10.0 Å². The number of hydrogen-bond acceptors (Lipinski definition) is 4. The zero-order valence-electron chi connectivity index (χ0n) is 14.0. The number of benzene rings is 1. The average molecular weight is 347 g/mol. The third-order valence-corrected chi connectivity index (χ3v) is 6.19. The summed E-state index contributed by atoms with van der Waals surface area (Å²) < 4.78 is 27.1. The van der Waals surface area contributed by atoms with Crippen LogP contribution in [0.5, 0.6) is 0 Å². The largest absolute Gasteiger partial charge is 0.313 e. The molecule has 1 aliphatic rings. The molecule has 7 heteroatoms. The van der Waals surface area contributed by atoms with E-state index in [1.165, 1.54) is 10.6 Å². The summed E-state index contributed by atoms with van der Waals surface area (Å²) in [7, 11) is -3.60. The van der Waals surface area contributed by atoms with E-state index in [2.05, 4.69) is 30.7 Å². The summed E-state index contributed by atoms with van der Waals surface area (Å²) in [4.78, 5) is 18.7. The van der Waals surface area contributed by atoms with Gasteiger partial charge in [0.15, 0.2) is 0 Å². The number of nitrogens with zero attached hydrogens (tertiary/aromatic N) is 2. The van der Waals surface area contributed by atoms with Gasteiger partial charge in [-0.1, -0.05) is 32.9 Å². The first-order valence-electron chi connectivity index (χ1n) is 7.86. The van der Waals surface area contributed by atoms with Crippen LogP contribution in [-0.2, 0) is 28.4 Å². The molecule has 6 nitrogen and oxygen atoms in total. The van der Waals surface area contributed by atoms with Crippen LogP contribution >= 0.6 is 0 Å². The lowest BCUT2D eigenvalue weighted by Gasteiger charge is -2.27. The Morgan fingerprint density at radius 1 is 1.17 bits per heavy atom. The van der Waals surface area contributed by atoms with Crippen LogP contribution in [0.15, 0.2) is 40.3 Å². The molecule has 0 radical (unpaired) electrons. The van der Waals surface area contributed by atoms with Gasteiger partial charge in [-0.2, -0.15) is 4.31 Å². The molecule has 1 aliphatic heterocycles. The lowest BCUT2D eigenvalue weighted by atomic mass is 9.87. The molecule has 2 heterocycles. The number of sulfonamides is 1. The smallest absolute Gasteiger partial charge is 0.254 e. The zero-order chi connectivity index (χ0) is 17.5. The monoisotopic (exact) mass is 347 g/mol. The van der Waals surface area contributed by atoms with E-state index in [1.807, 2.05) is 12.1 Å². The fourth-order valence-electron chi connectivity index (χ4n) is 2.82. The second kappa shape index (κ2) is 5.82. The maximum Gasteiger partial charge on any atom is 0.254 e. The Morgan fingerprint density at radius 2 is 1.83 bits per heavy atom. The van der Waals surface area contributed by atoms with Crippen LogP contribution in [0.4, 0.5) is 0 Å². The fraction of sp³-hybridized carbons (Fsp3) is 0.412. The van der Waals surface area contributed by atoms with Crippen molar-refractivity contribution in [2.45, 2.75) is 44.0 Å². The van der Waals surface area contributed by atoms with E-state index in [4.69, 9.17) is 0 Å². The van der Waals surface area contributed by atoms with Crippen molar-refractivity contribution in [3.8, 4) is 0 Å². The molecule has 128 valence electrons. The number of aromatic nitrogens is 2. The van der Waals surface area contributed by atoms with Crippen molar-refractivity contribution in [1.82, 2.24) is 14.3 Å². The lowest BCUT2D eigenvalue weighted by Crippen LogP contribution is -2.38. The molecular formula is C17H21N3O3S. The van der Waals surface area contributed by atoms with Crippen molar-refractivity contribution in [1.29, 1.82) is 0 Å². The highest BCUT2D eigenvalue weighted by molar-refractivity contribution is 7.89. The SMILES string of the molecule is CC(C)(C)c1ccc(S(=O)(=O)N2CCc3c(nc[nH]c3=O)C2)cc1. The Kier molecular flexibility index (Phi) is 4.09. The summed E-state index contributed by atoms with van der Waals surface area (Å²) in [5, 5.41) is 0. The van der Waals surface area contributed by atoms with Gasteiger partial charge in [-0.05, 0) is 29.5 Å². The molecule has 24 heavy (non-hydrogen) atoms. The van der Waals surface area contributed by atoms with E-state index < -0.39 is 10.0 Å². The third kappa shape index (κ3) is 3.01. The number of H-pyrrole nitrogens is 1. The highest BCUT2D eigenvalue weighted by Crippen LogP contribution is 2.26. The third-order valence-electron chi connectivity index (χ3n) is 4.33. The quantitative estimate of drug-likeness (QED) is 0.898. The van der Waals surface area contributed by atoms with Crippen molar-refractivity contribution in [2.24, 2.45) is 0 Å². The van der Waals surface area contributed by atoms with E-state index in [0.29, 0.717) is 17.7 Å². The Hall–Kier alpha value is -1.99. The second-order valence-corrected chi connectivity index (χ2v) is 8.96. The summed E-state index contributed by atoms with van der Waals surface area (Å²) in [5.74, 6) is 0. The van der Waals surface area contributed by atoms with Crippen molar-refractivity contribution in [3.63, 3.8) is 0 Å². The predicted molar refractivity (Wildman–Crippen MR) is 91.3 cm³/mol. The molecule has 0 fully saturated rings. The molecule has 0 amide bonds. The van der Waals surface area contributed by atoms with Gasteiger partial charge in [0, 0.05) is 12.1 Å². The number of fused-ring (bicyclic) bond motifs is 1. The maximum atomic E-state index is 12.9. The van der Waals surface area contributed by atoms with Gasteiger partial charge >= 0.3 is 0 Å². The second-order valence-electron chi connectivity index (χ2n) is 7.02. The molecule has 1 aromatic carbocycles. The molecule has 0 saturated carbocycles. The Bertz CT molecular complexity index is 909. The fourth-order valence-corrected chi connectivity index (χ4v) is 4.22. The van der Waals surface area contributed by atoms with E-state index in [0.717, 1.165) is 5.56 Å². The van der Waals surface area contributed by atoms with Crippen LogP contribution in [0.2, 0.25) is 0 Å². The zero-order valence-corrected chi connectivity index (χ0v) is 14.9. The van der Waals surface area contributed by atoms with Crippen LogP contribution in [0.3, 0.4) is 0 Å². The van der Waals surface area contributed by atoms with Gasteiger partial charge in [0.1, 0.15) is 0 Å². The van der Waals surface area contributed by atoms with Gasteiger partial charge < -0.3 is 4.98 Å². The average Bonchev–Trinajstić information content (AvgIpc) is 2.54. The highest BCUT2D eigenvalue weighted by Gasteiger charge is 2.30.